The number of fused-ring (bicyclic) bond motifs is 1. The van der Waals surface area contributed by atoms with E-state index in [4.69, 9.17) is 5.73 Å². The van der Waals surface area contributed by atoms with Crippen LogP contribution in [0.4, 0.5) is 4.39 Å². The fourth-order valence-corrected chi connectivity index (χ4v) is 2.81. The van der Waals surface area contributed by atoms with E-state index in [0.29, 0.717) is 25.9 Å². The molecule has 110 valence electrons. The van der Waals surface area contributed by atoms with Crippen molar-refractivity contribution in [1.29, 1.82) is 0 Å². The summed E-state index contributed by atoms with van der Waals surface area (Å²) in [5.74, 6) is -0.987. The molecule has 2 atom stereocenters. The zero-order chi connectivity index (χ0) is 15.0. The molecule has 1 saturated carbocycles. The summed E-state index contributed by atoms with van der Waals surface area (Å²) in [5.41, 5.74) is 8.25. The minimum absolute atomic E-state index is 0.0776. The lowest BCUT2D eigenvalue weighted by molar-refractivity contribution is -0.133. The lowest BCUT2D eigenvalue weighted by atomic mass is 9.94. The third kappa shape index (κ3) is 2.82. The van der Waals surface area contributed by atoms with Crippen molar-refractivity contribution >= 4 is 17.9 Å². The predicted molar refractivity (Wildman–Crippen MR) is 76.8 cm³/mol. The van der Waals surface area contributed by atoms with Crippen LogP contribution in [0.15, 0.2) is 24.3 Å². The van der Waals surface area contributed by atoms with Gasteiger partial charge in [0.1, 0.15) is 6.17 Å². The van der Waals surface area contributed by atoms with E-state index in [-0.39, 0.29) is 5.91 Å². The summed E-state index contributed by atoms with van der Waals surface area (Å²) >= 11 is 0. The first kappa shape index (κ1) is 13.8. The van der Waals surface area contributed by atoms with Crippen molar-refractivity contribution in [2.75, 3.05) is 6.54 Å². The van der Waals surface area contributed by atoms with E-state index < -0.39 is 18.0 Å². The van der Waals surface area contributed by atoms with E-state index in [1.54, 1.807) is 11.0 Å². The van der Waals surface area contributed by atoms with Gasteiger partial charge in [-0.2, -0.15) is 0 Å². The molecule has 1 aliphatic carbocycles. The summed E-state index contributed by atoms with van der Waals surface area (Å²) < 4.78 is 13.0. The fourth-order valence-electron chi connectivity index (χ4n) is 2.81. The second-order valence-electron chi connectivity index (χ2n) is 5.59. The molecular weight excluding hydrogens is 271 g/mol. The monoisotopic (exact) mass is 288 g/mol. The van der Waals surface area contributed by atoms with Crippen molar-refractivity contribution in [3.63, 3.8) is 0 Å². The second kappa shape index (κ2) is 5.31. The van der Waals surface area contributed by atoms with Crippen LogP contribution in [-0.2, 0) is 22.6 Å². The van der Waals surface area contributed by atoms with Crippen molar-refractivity contribution in [3.05, 3.63) is 41.0 Å². The van der Waals surface area contributed by atoms with Gasteiger partial charge in [-0.25, -0.2) is 4.39 Å². The van der Waals surface area contributed by atoms with E-state index in [1.165, 1.54) is 6.08 Å². The molecule has 2 amide bonds. The average molecular weight is 288 g/mol. The number of nitrogens with zero attached hydrogens (tertiary/aromatic N) is 1. The minimum atomic E-state index is -0.955. The summed E-state index contributed by atoms with van der Waals surface area (Å²) in [6, 6.07) is 5.78. The fraction of sp³-hybridized carbons (Fsp3) is 0.375. The summed E-state index contributed by atoms with van der Waals surface area (Å²) in [4.78, 5) is 24.7. The molecule has 0 unspecified atom stereocenters. The third-order valence-electron chi connectivity index (χ3n) is 4.07. The second-order valence-corrected chi connectivity index (χ2v) is 5.59. The standard InChI is InChI=1S/C16H17FN2O2/c17-14-8-13(14)16(21)19-7-6-12-10(4-5-15(18)20)2-1-3-11(12)9-19/h1-5,13-14H,6-9H2,(H2,18,20)/t13-,14+/m0/s1. The van der Waals surface area contributed by atoms with Gasteiger partial charge in [0.15, 0.2) is 0 Å². The molecule has 0 aromatic heterocycles. The van der Waals surface area contributed by atoms with Gasteiger partial charge in [0.2, 0.25) is 11.8 Å². The molecule has 1 aliphatic heterocycles. The number of primary amides is 1. The van der Waals surface area contributed by atoms with Crippen LogP contribution in [0.1, 0.15) is 23.1 Å². The van der Waals surface area contributed by atoms with Crippen LogP contribution in [0, 0.1) is 5.92 Å². The Morgan fingerprint density at radius 2 is 2.14 bits per heavy atom. The van der Waals surface area contributed by atoms with E-state index >= 15 is 0 Å². The molecule has 4 nitrogen and oxygen atoms in total. The van der Waals surface area contributed by atoms with Crippen LogP contribution in [0.2, 0.25) is 0 Å². The molecule has 0 spiro atoms. The highest BCUT2D eigenvalue weighted by atomic mass is 19.1. The minimum Gasteiger partial charge on any atom is -0.366 e. The van der Waals surface area contributed by atoms with Crippen molar-refractivity contribution in [2.24, 2.45) is 11.7 Å². The van der Waals surface area contributed by atoms with Gasteiger partial charge in [-0.15, -0.1) is 0 Å². The average Bonchev–Trinajstić information content (AvgIpc) is 3.20. The number of hydrogen-bond acceptors (Lipinski definition) is 2. The van der Waals surface area contributed by atoms with E-state index in [9.17, 15) is 14.0 Å². The van der Waals surface area contributed by atoms with Crippen molar-refractivity contribution in [3.8, 4) is 0 Å². The predicted octanol–water partition coefficient (Wildman–Crippen LogP) is 1.43. The molecule has 2 aliphatic rings. The normalized spacial score (nSPS) is 24.0. The van der Waals surface area contributed by atoms with Crippen LogP contribution in [-0.4, -0.2) is 29.4 Å². The number of rotatable bonds is 3. The van der Waals surface area contributed by atoms with E-state index in [1.807, 2.05) is 18.2 Å². The number of halogens is 1. The first-order chi connectivity index (χ1) is 10.1. The summed E-state index contributed by atoms with van der Waals surface area (Å²) in [5, 5.41) is 0. The molecule has 1 heterocycles. The zero-order valence-corrected chi connectivity index (χ0v) is 11.6. The maximum atomic E-state index is 13.0. The van der Waals surface area contributed by atoms with Crippen molar-refractivity contribution in [1.82, 2.24) is 4.90 Å². The Balaban J connectivity index is 1.79. The van der Waals surface area contributed by atoms with Crippen LogP contribution in [0.25, 0.3) is 6.08 Å². The van der Waals surface area contributed by atoms with Crippen LogP contribution >= 0.6 is 0 Å². The first-order valence-corrected chi connectivity index (χ1v) is 7.07. The molecule has 3 rings (SSSR count). The van der Waals surface area contributed by atoms with Crippen LogP contribution in [0.5, 0.6) is 0 Å². The number of alkyl halides is 1. The molecule has 21 heavy (non-hydrogen) atoms. The Labute approximate surface area is 122 Å². The Morgan fingerprint density at radius 1 is 1.38 bits per heavy atom. The molecule has 0 radical (unpaired) electrons. The molecular formula is C16H17FN2O2. The topological polar surface area (TPSA) is 63.4 Å². The van der Waals surface area contributed by atoms with Gasteiger partial charge in [0, 0.05) is 19.2 Å². The molecule has 1 fully saturated rings. The van der Waals surface area contributed by atoms with Gasteiger partial charge in [-0.3, -0.25) is 9.59 Å². The molecule has 5 heteroatoms. The van der Waals surface area contributed by atoms with Crippen molar-refractivity contribution < 1.29 is 14.0 Å². The van der Waals surface area contributed by atoms with Gasteiger partial charge in [-0.05, 0) is 35.6 Å². The lowest BCUT2D eigenvalue weighted by Crippen LogP contribution is -2.37. The quantitative estimate of drug-likeness (QED) is 0.855. The van der Waals surface area contributed by atoms with Gasteiger partial charge in [0.25, 0.3) is 0 Å². The summed E-state index contributed by atoms with van der Waals surface area (Å²) in [7, 11) is 0. The Kier molecular flexibility index (Phi) is 3.49. The van der Waals surface area contributed by atoms with Gasteiger partial charge >= 0.3 is 0 Å². The smallest absolute Gasteiger partial charge is 0.241 e. The maximum Gasteiger partial charge on any atom is 0.241 e. The Morgan fingerprint density at radius 3 is 2.81 bits per heavy atom. The zero-order valence-electron chi connectivity index (χ0n) is 11.6. The van der Waals surface area contributed by atoms with Gasteiger partial charge < -0.3 is 10.6 Å². The number of carbonyl (C=O) groups is 2. The number of amides is 2. The highest BCUT2D eigenvalue weighted by molar-refractivity contribution is 5.90. The van der Waals surface area contributed by atoms with E-state index in [0.717, 1.165) is 16.7 Å². The van der Waals surface area contributed by atoms with Gasteiger partial charge in [0.05, 0.1) is 5.92 Å². The maximum absolute atomic E-state index is 13.0. The molecule has 0 saturated heterocycles. The molecule has 0 bridgehead atoms. The van der Waals surface area contributed by atoms with Gasteiger partial charge in [-0.1, -0.05) is 18.2 Å². The highest BCUT2D eigenvalue weighted by Crippen LogP contribution is 2.36. The largest absolute Gasteiger partial charge is 0.366 e. The molecule has 1 aromatic carbocycles. The first-order valence-electron chi connectivity index (χ1n) is 7.07. The number of nitrogens with two attached hydrogens (primary N) is 1. The van der Waals surface area contributed by atoms with Crippen LogP contribution in [0.3, 0.4) is 0 Å². The van der Waals surface area contributed by atoms with Crippen LogP contribution < -0.4 is 5.73 Å². The lowest BCUT2D eigenvalue weighted by Gasteiger charge is -2.30. The SMILES string of the molecule is NC(=O)C=Cc1cccc2c1CCN(C(=O)[C@H]1C[C@H]1F)C2. The number of benzene rings is 1. The third-order valence-corrected chi connectivity index (χ3v) is 4.07. The summed E-state index contributed by atoms with van der Waals surface area (Å²) in [6.45, 7) is 1.10. The molecule has 1 aromatic rings. The summed E-state index contributed by atoms with van der Waals surface area (Å²) in [6.07, 6.45) is 3.17. The Bertz CT molecular complexity index is 627. The number of hydrogen-bond donors (Lipinski definition) is 1. The van der Waals surface area contributed by atoms with Crippen molar-refractivity contribution in [2.45, 2.75) is 25.6 Å². The number of carbonyl (C=O) groups excluding carboxylic acids is 2. The van der Waals surface area contributed by atoms with E-state index in [2.05, 4.69) is 0 Å². The highest BCUT2D eigenvalue weighted by Gasteiger charge is 2.46. The Hall–Kier alpha value is -2.17. The molecule has 2 N–H and O–H groups in total.